The summed E-state index contributed by atoms with van der Waals surface area (Å²) in [5.74, 6) is 0.869. The Balaban J connectivity index is 1.87. The molecule has 0 spiro atoms. The van der Waals surface area contributed by atoms with Crippen LogP contribution in [0.25, 0.3) is 0 Å². The molecule has 1 N–H and O–H groups in total. The number of ether oxygens (including phenoxy) is 1. The zero-order chi connectivity index (χ0) is 11.4. The van der Waals surface area contributed by atoms with E-state index in [0.29, 0.717) is 0 Å². The molecule has 1 heterocycles. The summed E-state index contributed by atoms with van der Waals surface area (Å²) in [5.41, 5.74) is 0. The fourth-order valence-electron chi connectivity index (χ4n) is 1.82. The van der Waals surface area contributed by atoms with Crippen molar-refractivity contribution in [2.75, 3.05) is 26.8 Å². The molecule has 0 saturated heterocycles. The first-order chi connectivity index (χ1) is 7.81. The van der Waals surface area contributed by atoms with Crippen molar-refractivity contribution in [3.05, 3.63) is 17.0 Å². The van der Waals surface area contributed by atoms with Crippen molar-refractivity contribution in [3.8, 4) is 5.06 Å². The quantitative estimate of drug-likeness (QED) is 0.792. The minimum Gasteiger partial charge on any atom is -0.487 e. The Morgan fingerprint density at radius 2 is 2.31 bits per heavy atom. The Bertz CT molecular complexity index is 323. The maximum Gasteiger partial charge on any atom is 0.173 e. The van der Waals surface area contributed by atoms with Crippen molar-refractivity contribution in [1.29, 1.82) is 0 Å². The van der Waals surface area contributed by atoms with Gasteiger partial charge in [0.15, 0.2) is 5.06 Å². The van der Waals surface area contributed by atoms with Gasteiger partial charge in [0.05, 0.1) is 13.7 Å². The molecule has 1 aromatic rings. The summed E-state index contributed by atoms with van der Waals surface area (Å²) in [6.45, 7) is 3.08. The van der Waals surface area contributed by atoms with Crippen LogP contribution in [-0.2, 0) is 6.54 Å². The fourth-order valence-corrected chi connectivity index (χ4v) is 2.68. The Morgan fingerprint density at radius 1 is 1.50 bits per heavy atom. The molecule has 0 radical (unpaired) electrons. The van der Waals surface area contributed by atoms with Crippen LogP contribution in [0.3, 0.4) is 0 Å². The van der Waals surface area contributed by atoms with Crippen LogP contribution >= 0.6 is 11.3 Å². The van der Waals surface area contributed by atoms with Crippen LogP contribution in [-0.4, -0.2) is 36.8 Å². The second kappa shape index (κ2) is 5.66. The van der Waals surface area contributed by atoms with E-state index in [9.17, 15) is 0 Å². The van der Waals surface area contributed by atoms with Crippen LogP contribution in [0.15, 0.2) is 12.1 Å². The third-order valence-corrected chi connectivity index (χ3v) is 3.88. The van der Waals surface area contributed by atoms with E-state index in [-0.39, 0.29) is 6.61 Å². The van der Waals surface area contributed by atoms with E-state index >= 15 is 0 Å². The van der Waals surface area contributed by atoms with Crippen LogP contribution < -0.4 is 4.74 Å². The SMILES string of the molecule is COc1ccc(CN(CCO)CC2CC2)s1. The molecule has 0 aliphatic heterocycles. The summed E-state index contributed by atoms with van der Waals surface area (Å²) in [4.78, 5) is 3.65. The molecule has 1 aliphatic rings. The molecule has 1 aromatic heterocycles. The van der Waals surface area contributed by atoms with Crippen molar-refractivity contribution in [2.24, 2.45) is 5.92 Å². The molecule has 2 rings (SSSR count). The van der Waals surface area contributed by atoms with Gasteiger partial charge in [-0.3, -0.25) is 4.90 Å². The summed E-state index contributed by atoms with van der Waals surface area (Å²) >= 11 is 1.69. The Kier molecular flexibility index (Phi) is 4.21. The Hall–Kier alpha value is -0.580. The second-order valence-corrected chi connectivity index (χ2v) is 5.46. The lowest BCUT2D eigenvalue weighted by molar-refractivity contribution is 0.186. The van der Waals surface area contributed by atoms with Crippen molar-refractivity contribution < 1.29 is 9.84 Å². The maximum absolute atomic E-state index is 9.04. The van der Waals surface area contributed by atoms with Crippen molar-refractivity contribution >= 4 is 11.3 Å². The highest BCUT2D eigenvalue weighted by atomic mass is 32.1. The molecular formula is C12H19NO2S. The summed E-state index contributed by atoms with van der Waals surface area (Å²) in [6, 6.07) is 4.12. The molecule has 16 heavy (non-hydrogen) atoms. The van der Waals surface area contributed by atoms with Gasteiger partial charge in [-0.15, -0.1) is 11.3 Å². The van der Waals surface area contributed by atoms with Crippen LogP contribution in [0.5, 0.6) is 5.06 Å². The number of aliphatic hydroxyl groups is 1. The zero-order valence-electron chi connectivity index (χ0n) is 9.69. The molecule has 0 unspecified atom stereocenters. The minimum atomic E-state index is 0.245. The highest BCUT2D eigenvalue weighted by molar-refractivity contribution is 7.13. The molecule has 0 atom stereocenters. The van der Waals surface area contributed by atoms with Crippen LogP contribution in [0.4, 0.5) is 0 Å². The zero-order valence-corrected chi connectivity index (χ0v) is 10.5. The number of thiophene rings is 1. The molecule has 90 valence electrons. The molecule has 0 aromatic carbocycles. The van der Waals surface area contributed by atoms with Crippen LogP contribution in [0, 0.1) is 5.92 Å². The smallest absolute Gasteiger partial charge is 0.173 e. The monoisotopic (exact) mass is 241 g/mol. The summed E-state index contributed by atoms with van der Waals surface area (Å²) in [7, 11) is 1.70. The average molecular weight is 241 g/mol. The largest absolute Gasteiger partial charge is 0.487 e. The van der Waals surface area contributed by atoms with Gasteiger partial charge >= 0.3 is 0 Å². The van der Waals surface area contributed by atoms with Crippen LogP contribution in [0.2, 0.25) is 0 Å². The molecule has 4 heteroatoms. The number of nitrogens with zero attached hydrogens (tertiary/aromatic N) is 1. The average Bonchev–Trinajstić information content (AvgIpc) is 2.96. The Morgan fingerprint density at radius 3 is 2.88 bits per heavy atom. The second-order valence-electron chi connectivity index (χ2n) is 4.33. The minimum absolute atomic E-state index is 0.245. The fraction of sp³-hybridized carbons (Fsp3) is 0.667. The number of methoxy groups -OCH3 is 1. The predicted octanol–water partition coefficient (Wildman–Crippen LogP) is 1.96. The number of hydrogen-bond acceptors (Lipinski definition) is 4. The van der Waals surface area contributed by atoms with Crippen molar-refractivity contribution in [2.45, 2.75) is 19.4 Å². The van der Waals surface area contributed by atoms with Crippen molar-refractivity contribution in [3.63, 3.8) is 0 Å². The van der Waals surface area contributed by atoms with Gasteiger partial charge in [-0.25, -0.2) is 0 Å². The van der Waals surface area contributed by atoms with Gasteiger partial charge in [-0.2, -0.15) is 0 Å². The third kappa shape index (κ3) is 3.47. The summed E-state index contributed by atoms with van der Waals surface area (Å²) < 4.78 is 5.18. The number of rotatable bonds is 7. The van der Waals surface area contributed by atoms with Crippen LogP contribution in [0.1, 0.15) is 17.7 Å². The van der Waals surface area contributed by atoms with E-state index in [0.717, 1.165) is 30.6 Å². The lowest BCUT2D eigenvalue weighted by atomic mass is 10.3. The van der Waals surface area contributed by atoms with E-state index in [2.05, 4.69) is 11.0 Å². The first-order valence-corrected chi connectivity index (χ1v) is 6.59. The molecule has 1 aliphatic carbocycles. The highest BCUT2D eigenvalue weighted by Gasteiger charge is 2.24. The van der Waals surface area contributed by atoms with E-state index < -0.39 is 0 Å². The highest BCUT2D eigenvalue weighted by Crippen LogP contribution is 2.31. The lowest BCUT2D eigenvalue weighted by Crippen LogP contribution is -2.28. The van der Waals surface area contributed by atoms with E-state index in [4.69, 9.17) is 9.84 Å². The lowest BCUT2D eigenvalue weighted by Gasteiger charge is -2.20. The number of hydrogen-bond donors (Lipinski definition) is 1. The van der Waals surface area contributed by atoms with Gasteiger partial charge in [-0.05, 0) is 30.9 Å². The van der Waals surface area contributed by atoms with Gasteiger partial charge in [0.25, 0.3) is 0 Å². The first-order valence-electron chi connectivity index (χ1n) is 5.77. The molecule has 3 nitrogen and oxygen atoms in total. The van der Waals surface area contributed by atoms with Gasteiger partial charge in [0.1, 0.15) is 0 Å². The standard InChI is InChI=1S/C12H19NO2S/c1-15-12-5-4-11(16-12)9-13(6-7-14)8-10-2-3-10/h4-5,10,14H,2-3,6-9H2,1H3. The number of aliphatic hydroxyl groups excluding tert-OH is 1. The third-order valence-electron chi connectivity index (χ3n) is 2.85. The normalized spacial score (nSPS) is 15.7. The summed E-state index contributed by atoms with van der Waals surface area (Å²) in [6.07, 6.45) is 2.71. The van der Waals surface area contributed by atoms with E-state index in [1.165, 1.54) is 17.7 Å². The van der Waals surface area contributed by atoms with Gasteiger partial charge in [-0.1, -0.05) is 0 Å². The molecular weight excluding hydrogens is 222 g/mol. The summed E-state index contributed by atoms with van der Waals surface area (Å²) in [5, 5.41) is 10.00. The van der Waals surface area contributed by atoms with Gasteiger partial charge in [0, 0.05) is 24.5 Å². The molecule has 1 saturated carbocycles. The Labute approximate surface area is 101 Å². The van der Waals surface area contributed by atoms with Gasteiger partial charge in [0.2, 0.25) is 0 Å². The first kappa shape index (κ1) is 11.9. The van der Waals surface area contributed by atoms with Gasteiger partial charge < -0.3 is 9.84 Å². The van der Waals surface area contributed by atoms with E-state index in [1.54, 1.807) is 18.4 Å². The molecule has 1 fully saturated rings. The topological polar surface area (TPSA) is 32.7 Å². The molecule has 0 amide bonds. The molecule has 0 bridgehead atoms. The maximum atomic E-state index is 9.04. The van der Waals surface area contributed by atoms with Crippen molar-refractivity contribution in [1.82, 2.24) is 4.90 Å². The predicted molar refractivity (Wildman–Crippen MR) is 66.0 cm³/mol. The van der Waals surface area contributed by atoms with E-state index in [1.807, 2.05) is 6.07 Å².